The van der Waals surface area contributed by atoms with Crippen molar-refractivity contribution in [1.29, 1.82) is 0 Å². The van der Waals surface area contributed by atoms with Crippen molar-refractivity contribution in [3.8, 4) is 0 Å². The minimum atomic E-state index is 0.344. The molecule has 0 amide bonds. The van der Waals surface area contributed by atoms with E-state index in [2.05, 4.69) is 36.0 Å². The molecule has 0 aromatic heterocycles. The number of nitrogens with zero attached hydrogens (tertiary/aromatic N) is 2. The van der Waals surface area contributed by atoms with Gasteiger partial charge in [-0.2, -0.15) is 0 Å². The molecule has 3 nitrogen and oxygen atoms in total. The smallest absolute Gasteiger partial charge is 0.0277 e. The lowest BCUT2D eigenvalue weighted by molar-refractivity contribution is 0.0363. The summed E-state index contributed by atoms with van der Waals surface area (Å²) in [6, 6.07) is 0.754. The first-order valence-electron chi connectivity index (χ1n) is 6.25. The van der Waals surface area contributed by atoms with Crippen LogP contribution in [0.1, 0.15) is 26.7 Å². The van der Waals surface area contributed by atoms with Crippen molar-refractivity contribution < 1.29 is 0 Å². The maximum absolute atomic E-state index is 3.59. The predicted molar refractivity (Wildman–Crippen MR) is 64.2 cm³/mol. The first-order valence-corrected chi connectivity index (χ1v) is 6.25. The Morgan fingerprint density at radius 3 is 2.73 bits per heavy atom. The molecular weight excluding hydrogens is 186 g/mol. The fraction of sp³-hybridized carbons (Fsp3) is 1.00. The van der Waals surface area contributed by atoms with Gasteiger partial charge in [-0.15, -0.1) is 0 Å². The second kappa shape index (κ2) is 4.40. The number of nitrogens with one attached hydrogen (secondary N) is 1. The molecule has 1 N–H and O–H groups in total. The van der Waals surface area contributed by atoms with Crippen LogP contribution in [-0.4, -0.2) is 61.2 Å². The van der Waals surface area contributed by atoms with E-state index in [9.17, 15) is 0 Å². The van der Waals surface area contributed by atoms with Gasteiger partial charge < -0.3 is 5.32 Å². The lowest BCUT2D eigenvalue weighted by atomic mass is 9.99. The van der Waals surface area contributed by atoms with E-state index < -0.39 is 0 Å². The van der Waals surface area contributed by atoms with E-state index in [1.807, 2.05) is 0 Å². The first kappa shape index (κ1) is 11.4. The van der Waals surface area contributed by atoms with Crippen molar-refractivity contribution in [2.45, 2.75) is 38.3 Å². The Morgan fingerprint density at radius 1 is 1.33 bits per heavy atom. The summed E-state index contributed by atoms with van der Waals surface area (Å²) in [5, 5.41) is 3.59. The molecule has 2 fully saturated rings. The molecule has 0 radical (unpaired) electrons. The Morgan fingerprint density at radius 2 is 2.13 bits per heavy atom. The summed E-state index contributed by atoms with van der Waals surface area (Å²) in [6.45, 7) is 10.8. The minimum Gasteiger partial charge on any atom is -0.313 e. The van der Waals surface area contributed by atoms with Crippen LogP contribution < -0.4 is 5.32 Å². The van der Waals surface area contributed by atoms with Crippen molar-refractivity contribution in [2.75, 3.05) is 39.8 Å². The van der Waals surface area contributed by atoms with Gasteiger partial charge in [0.2, 0.25) is 0 Å². The number of hydrogen-bond donors (Lipinski definition) is 1. The lowest BCUT2D eigenvalue weighted by Gasteiger charge is -2.46. The summed E-state index contributed by atoms with van der Waals surface area (Å²) in [5.74, 6) is 0. The molecule has 3 heteroatoms. The largest absolute Gasteiger partial charge is 0.313 e. The molecular formula is C12H25N3. The average molecular weight is 211 g/mol. The van der Waals surface area contributed by atoms with Gasteiger partial charge in [-0.25, -0.2) is 0 Å². The zero-order valence-electron chi connectivity index (χ0n) is 10.4. The van der Waals surface area contributed by atoms with Gasteiger partial charge in [0.15, 0.2) is 0 Å². The van der Waals surface area contributed by atoms with Crippen LogP contribution in [0.3, 0.4) is 0 Å². The maximum atomic E-state index is 3.59. The van der Waals surface area contributed by atoms with Gasteiger partial charge in [0.25, 0.3) is 0 Å². The average Bonchev–Trinajstić information content (AvgIpc) is 2.63. The van der Waals surface area contributed by atoms with Crippen molar-refractivity contribution in [3.05, 3.63) is 0 Å². The second-order valence-corrected chi connectivity index (χ2v) is 5.76. The molecule has 1 atom stereocenters. The summed E-state index contributed by atoms with van der Waals surface area (Å²) in [4.78, 5) is 5.11. The van der Waals surface area contributed by atoms with Gasteiger partial charge in [-0.3, -0.25) is 9.80 Å². The fourth-order valence-corrected chi connectivity index (χ4v) is 2.72. The number of likely N-dealkylation sites (N-methyl/N-ethyl adjacent to an activating group) is 1. The molecule has 0 spiro atoms. The van der Waals surface area contributed by atoms with E-state index in [1.54, 1.807) is 0 Å². The van der Waals surface area contributed by atoms with Crippen molar-refractivity contribution in [1.82, 2.24) is 15.1 Å². The topological polar surface area (TPSA) is 18.5 Å². The minimum absolute atomic E-state index is 0.344. The first-order chi connectivity index (χ1) is 7.08. The van der Waals surface area contributed by atoms with Crippen LogP contribution in [0.5, 0.6) is 0 Å². The van der Waals surface area contributed by atoms with Gasteiger partial charge in [0, 0.05) is 37.8 Å². The predicted octanol–water partition coefficient (Wildman–Crippen LogP) is 0.764. The van der Waals surface area contributed by atoms with E-state index in [0.717, 1.165) is 6.04 Å². The van der Waals surface area contributed by atoms with Gasteiger partial charge in [-0.1, -0.05) is 0 Å². The molecule has 2 aliphatic rings. The van der Waals surface area contributed by atoms with Crippen molar-refractivity contribution in [2.24, 2.45) is 0 Å². The quantitative estimate of drug-likeness (QED) is 0.728. The third-order valence-electron chi connectivity index (χ3n) is 4.04. The molecule has 88 valence electrons. The van der Waals surface area contributed by atoms with Crippen LogP contribution in [-0.2, 0) is 0 Å². The monoisotopic (exact) mass is 211 g/mol. The Kier molecular flexibility index (Phi) is 3.33. The molecule has 15 heavy (non-hydrogen) atoms. The van der Waals surface area contributed by atoms with Crippen molar-refractivity contribution >= 4 is 0 Å². The number of piperazine rings is 1. The van der Waals surface area contributed by atoms with E-state index in [-0.39, 0.29) is 0 Å². The highest BCUT2D eigenvalue weighted by Crippen LogP contribution is 2.19. The van der Waals surface area contributed by atoms with E-state index in [1.165, 1.54) is 45.6 Å². The molecule has 2 aliphatic heterocycles. The molecule has 0 saturated carbocycles. The Hall–Kier alpha value is -0.120. The fourth-order valence-electron chi connectivity index (χ4n) is 2.72. The van der Waals surface area contributed by atoms with Gasteiger partial charge in [0.05, 0.1) is 0 Å². The highest BCUT2D eigenvalue weighted by atomic mass is 15.3. The Balaban J connectivity index is 1.83. The standard InChI is InChI=1S/C12H25N3/c1-12(2)10-15(8-7-14(12)3)9-11-5-4-6-13-11/h11,13H,4-10H2,1-3H3/t11-/m0/s1. The molecule has 2 saturated heterocycles. The third kappa shape index (κ3) is 2.71. The number of hydrogen-bond acceptors (Lipinski definition) is 3. The zero-order valence-corrected chi connectivity index (χ0v) is 10.4. The van der Waals surface area contributed by atoms with Crippen LogP contribution in [0.15, 0.2) is 0 Å². The lowest BCUT2D eigenvalue weighted by Crippen LogP contribution is -2.59. The molecule has 0 unspecified atom stereocenters. The Bertz CT molecular complexity index is 209. The molecule has 0 bridgehead atoms. The van der Waals surface area contributed by atoms with Crippen LogP contribution in [0, 0.1) is 0 Å². The maximum Gasteiger partial charge on any atom is 0.0277 e. The molecule has 2 rings (SSSR count). The van der Waals surface area contributed by atoms with Gasteiger partial charge >= 0.3 is 0 Å². The summed E-state index contributed by atoms with van der Waals surface area (Å²) in [7, 11) is 2.24. The van der Waals surface area contributed by atoms with E-state index >= 15 is 0 Å². The third-order valence-corrected chi connectivity index (χ3v) is 4.04. The normalized spacial score (nSPS) is 33.4. The van der Waals surface area contributed by atoms with Crippen LogP contribution in [0.2, 0.25) is 0 Å². The van der Waals surface area contributed by atoms with Crippen LogP contribution >= 0.6 is 0 Å². The van der Waals surface area contributed by atoms with Crippen LogP contribution in [0.25, 0.3) is 0 Å². The number of rotatable bonds is 2. The van der Waals surface area contributed by atoms with Gasteiger partial charge in [-0.05, 0) is 40.3 Å². The molecule has 0 aliphatic carbocycles. The van der Waals surface area contributed by atoms with Gasteiger partial charge in [0.1, 0.15) is 0 Å². The highest BCUT2D eigenvalue weighted by Gasteiger charge is 2.32. The molecule has 0 aromatic carbocycles. The van der Waals surface area contributed by atoms with Crippen LogP contribution in [0.4, 0.5) is 0 Å². The Labute approximate surface area is 93.8 Å². The van der Waals surface area contributed by atoms with E-state index in [0.29, 0.717) is 5.54 Å². The van der Waals surface area contributed by atoms with Crippen molar-refractivity contribution in [3.63, 3.8) is 0 Å². The summed E-state index contributed by atoms with van der Waals surface area (Å²) in [6.07, 6.45) is 2.73. The SMILES string of the molecule is CN1CCN(C[C@@H]2CCCN2)CC1(C)C. The zero-order chi connectivity index (χ0) is 10.9. The highest BCUT2D eigenvalue weighted by molar-refractivity contribution is 4.90. The summed E-state index contributed by atoms with van der Waals surface area (Å²) in [5.41, 5.74) is 0.344. The summed E-state index contributed by atoms with van der Waals surface area (Å²) >= 11 is 0. The van der Waals surface area contributed by atoms with E-state index in [4.69, 9.17) is 0 Å². The second-order valence-electron chi connectivity index (χ2n) is 5.76. The molecule has 2 heterocycles. The summed E-state index contributed by atoms with van der Waals surface area (Å²) < 4.78 is 0. The molecule has 0 aromatic rings.